The number of fused-ring (bicyclic) bond motifs is 1. The normalized spacial score (nSPS) is 19.5. The number of benzene rings is 2. The molecule has 1 saturated heterocycles. The molecule has 2 aromatic carbocycles. The summed E-state index contributed by atoms with van der Waals surface area (Å²) in [5.74, 6) is -2.37. The van der Waals surface area contributed by atoms with Gasteiger partial charge in [-0.05, 0) is 37.4 Å². The summed E-state index contributed by atoms with van der Waals surface area (Å²) in [6.45, 7) is 3.79. The number of sulfone groups is 1. The number of H-pyrrole nitrogens is 1. The number of rotatable bonds is 5. The highest BCUT2D eigenvalue weighted by Gasteiger charge is 2.27. The van der Waals surface area contributed by atoms with Gasteiger partial charge in [0.25, 0.3) is 5.91 Å². The molecule has 12 heteroatoms. The Labute approximate surface area is 212 Å². The Morgan fingerprint density at radius 1 is 1.08 bits per heavy atom. The van der Waals surface area contributed by atoms with E-state index in [1.165, 1.54) is 18.2 Å². The van der Waals surface area contributed by atoms with E-state index in [-0.39, 0.29) is 16.8 Å². The zero-order valence-electron chi connectivity index (χ0n) is 20.0. The van der Waals surface area contributed by atoms with Gasteiger partial charge >= 0.3 is 0 Å². The van der Waals surface area contributed by atoms with Gasteiger partial charge in [0.1, 0.15) is 11.6 Å². The number of anilines is 1. The van der Waals surface area contributed by atoms with E-state index in [4.69, 9.17) is 5.73 Å². The van der Waals surface area contributed by atoms with Crippen molar-refractivity contribution in [1.82, 2.24) is 20.0 Å². The summed E-state index contributed by atoms with van der Waals surface area (Å²) in [4.78, 5) is 16.9. The fraction of sp³-hybridized carbons (Fsp3) is 0.280. The number of piperazine rings is 1. The number of aromatic amines is 1. The van der Waals surface area contributed by atoms with Crippen LogP contribution in [-0.4, -0.2) is 73.6 Å². The Hall–Kier alpha value is -3.61. The van der Waals surface area contributed by atoms with Crippen LogP contribution in [0.1, 0.15) is 6.42 Å². The molecule has 1 amide bonds. The molecule has 1 unspecified atom stereocenters. The third kappa shape index (κ3) is 4.99. The van der Waals surface area contributed by atoms with Gasteiger partial charge in [-0.25, -0.2) is 17.2 Å². The predicted octanol–water partition coefficient (Wildman–Crippen LogP) is 2.40. The molecule has 0 radical (unpaired) electrons. The second kappa shape index (κ2) is 9.69. The molecule has 2 heterocycles. The highest BCUT2D eigenvalue weighted by atomic mass is 32.2. The zero-order valence-corrected chi connectivity index (χ0v) is 20.9. The zero-order chi connectivity index (χ0) is 26.3. The molecule has 3 aromatic rings. The summed E-state index contributed by atoms with van der Waals surface area (Å²) >= 11 is 0. The van der Waals surface area contributed by atoms with Crippen LogP contribution in [0.25, 0.3) is 10.9 Å². The minimum atomic E-state index is -4.23. The minimum Gasteiger partial charge on any atom is -0.401 e. The summed E-state index contributed by atoms with van der Waals surface area (Å²) in [5, 5.41) is 9.86. The lowest BCUT2D eigenvalue weighted by Gasteiger charge is -2.38. The van der Waals surface area contributed by atoms with Gasteiger partial charge in [0.2, 0.25) is 9.84 Å². The molecule has 0 bridgehead atoms. The van der Waals surface area contributed by atoms with Crippen LogP contribution >= 0.6 is 0 Å². The first-order valence-corrected chi connectivity index (χ1v) is 13.2. The van der Waals surface area contributed by atoms with Crippen molar-refractivity contribution in [2.75, 3.05) is 38.5 Å². The number of nitrogens with two attached hydrogens (primary N) is 1. The Balaban J connectivity index is 1.37. The van der Waals surface area contributed by atoms with E-state index in [9.17, 15) is 22.0 Å². The standard InChI is InChI=1S/C25H26F2N6O3S/c1-32-6-8-33(9-7-32)17-2-4-20(22(28)13-17)25(34)29-24-21-14-18(3-5-23(21)30-31-24)37(35,36)19-11-15(26)10-16(27)12-19/h2-5,10-12,14,17H,6-9,13,28H2,1H3,(H2,29,30,31,34). The lowest BCUT2D eigenvalue weighted by molar-refractivity contribution is -0.112. The van der Waals surface area contributed by atoms with E-state index in [1.807, 2.05) is 6.08 Å². The number of likely N-dealkylation sites (N-methyl/N-ethyl adjacent to an activating group) is 1. The molecule has 1 atom stereocenters. The molecule has 37 heavy (non-hydrogen) atoms. The fourth-order valence-corrected chi connectivity index (χ4v) is 5.92. The molecule has 5 rings (SSSR count). The number of hydrogen-bond donors (Lipinski definition) is 3. The van der Waals surface area contributed by atoms with Crippen LogP contribution < -0.4 is 11.1 Å². The van der Waals surface area contributed by atoms with Gasteiger partial charge in [-0.15, -0.1) is 0 Å². The Morgan fingerprint density at radius 2 is 1.78 bits per heavy atom. The fourth-order valence-electron chi connectivity index (χ4n) is 4.59. The molecule has 194 valence electrons. The number of hydrogen-bond acceptors (Lipinski definition) is 7. The highest BCUT2D eigenvalue weighted by Crippen LogP contribution is 2.29. The van der Waals surface area contributed by atoms with Crippen molar-refractivity contribution in [2.24, 2.45) is 5.73 Å². The molecule has 2 aliphatic rings. The van der Waals surface area contributed by atoms with Crippen molar-refractivity contribution in [1.29, 1.82) is 0 Å². The highest BCUT2D eigenvalue weighted by molar-refractivity contribution is 7.91. The Morgan fingerprint density at radius 3 is 2.46 bits per heavy atom. The molecule has 1 aromatic heterocycles. The van der Waals surface area contributed by atoms with Crippen molar-refractivity contribution in [3.8, 4) is 0 Å². The van der Waals surface area contributed by atoms with Crippen LogP contribution in [0.3, 0.4) is 0 Å². The second-order valence-electron chi connectivity index (χ2n) is 9.25. The maximum Gasteiger partial charge on any atom is 0.258 e. The summed E-state index contributed by atoms with van der Waals surface area (Å²) in [6, 6.07) is 6.28. The summed E-state index contributed by atoms with van der Waals surface area (Å²) in [7, 11) is -2.14. The van der Waals surface area contributed by atoms with Gasteiger partial charge in [0.05, 0.1) is 20.9 Å². The van der Waals surface area contributed by atoms with E-state index in [0.717, 1.165) is 38.3 Å². The average molecular weight is 529 g/mol. The maximum atomic E-state index is 13.6. The molecule has 0 spiro atoms. The van der Waals surface area contributed by atoms with Crippen LogP contribution in [0.2, 0.25) is 0 Å². The van der Waals surface area contributed by atoms with Crippen molar-refractivity contribution < 1.29 is 22.0 Å². The lowest BCUT2D eigenvalue weighted by Crippen LogP contribution is -2.49. The van der Waals surface area contributed by atoms with Gasteiger partial charge in [-0.2, -0.15) is 5.10 Å². The van der Waals surface area contributed by atoms with E-state index >= 15 is 0 Å². The van der Waals surface area contributed by atoms with Crippen LogP contribution in [0, 0.1) is 11.6 Å². The van der Waals surface area contributed by atoms with Crippen LogP contribution in [0.5, 0.6) is 0 Å². The predicted molar refractivity (Wildman–Crippen MR) is 134 cm³/mol. The molecule has 1 fully saturated rings. The smallest absolute Gasteiger partial charge is 0.258 e. The quantitative estimate of drug-likeness (QED) is 0.465. The third-order valence-corrected chi connectivity index (χ3v) is 8.47. The summed E-state index contributed by atoms with van der Waals surface area (Å²) in [5.41, 5.74) is 7.52. The third-order valence-electron chi connectivity index (χ3n) is 6.73. The largest absolute Gasteiger partial charge is 0.401 e. The molecular formula is C25H26F2N6O3S. The molecule has 1 aliphatic carbocycles. The van der Waals surface area contributed by atoms with Gasteiger partial charge < -0.3 is 16.0 Å². The van der Waals surface area contributed by atoms with E-state index in [1.54, 1.807) is 6.08 Å². The van der Waals surface area contributed by atoms with Crippen LogP contribution in [0.4, 0.5) is 14.6 Å². The van der Waals surface area contributed by atoms with Gasteiger partial charge in [-0.1, -0.05) is 12.2 Å². The topological polar surface area (TPSA) is 124 Å². The Bertz CT molecular complexity index is 1520. The van der Waals surface area contributed by atoms with E-state index < -0.39 is 32.3 Å². The number of nitrogens with zero attached hydrogens (tertiary/aromatic N) is 3. The molecule has 0 saturated carbocycles. The number of amides is 1. The monoisotopic (exact) mass is 528 g/mol. The van der Waals surface area contributed by atoms with Crippen molar-refractivity contribution in [2.45, 2.75) is 22.3 Å². The Kier molecular flexibility index (Phi) is 6.56. The first kappa shape index (κ1) is 25.1. The van der Waals surface area contributed by atoms with Crippen molar-refractivity contribution >= 4 is 32.5 Å². The molecule has 1 aliphatic heterocycles. The van der Waals surface area contributed by atoms with Crippen molar-refractivity contribution in [3.63, 3.8) is 0 Å². The first-order chi connectivity index (χ1) is 17.6. The second-order valence-corrected chi connectivity index (χ2v) is 11.2. The number of carbonyl (C=O) groups is 1. The maximum absolute atomic E-state index is 13.6. The molecular weight excluding hydrogens is 502 g/mol. The lowest BCUT2D eigenvalue weighted by atomic mass is 9.97. The van der Waals surface area contributed by atoms with Crippen LogP contribution in [-0.2, 0) is 14.6 Å². The van der Waals surface area contributed by atoms with Gasteiger partial charge in [0.15, 0.2) is 5.82 Å². The molecule has 4 N–H and O–H groups in total. The number of halogens is 2. The number of nitrogens with one attached hydrogen (secondary N) is 2. The first-order valence-electron chi connectivity index (χ1n) is 11.7. The minimum absolute atomic E-state index is 0.109. The number of carbonyl (C=O) groups excluding carboxylic acids is 1. The summed E-state index contributed by atoms with van der Waals surface area (Å²) in [6.07, 6.45) is 4.21. The van der Waals surface area contributed by atoms with Crippen molar-refractivity contribution in [3.05, 3.63) is 71.5 Å². The SMILES string of the molecule is CN1CCN(C2C=CC(C(=O)Nc3n[nH]c4ccc(S(=O)(=O)c5cc(F)cc(F)c5)cc34)=C(N)C2)CC1. The van der Waals surface area contributed by atoms with Gasteiger partial charge in [-0.3, -0.25) is 14.8 Å². The van der Waals surface area contributed by atoms with E-state index in [0.29, 0.717) is 34.7 Å². The number of aromatic nitrogens is 2. The molecule has 9 nitrogen and oxygen atoms in total. The van der Waals surface area contributed by atoms with Gasteiger partial charge in [0, 0.05) is 55.8 Å². The van der Waals surface area contributed by atoms with E-state index in [2.05, 4.69) is 32.4 Å². The summed E-state index contributed by atoms with van der Waals surface area (Å²) < 4.78 is 53.3. The van der Waals surface area contributed by atoms with Crippen LogP contribution in [0.15, 0.2) is 69.6 Å². The average Bonchev–Trinajstić information content (AvgIpc) is 3.25.